The van der Waals surface area contributed by atoms with E-state index in [-0.39, 0.29) is 54.4 Å². The summed E-state index contributed by atoms with van der Waals surface area (Å²) in [6.07, 6.45) is 30.7. The molecule has 0 bridgehead atoms. The molecule has 115 heavy (non-hydrogen) atoms. The number of halogens is 1. The molecule has 29 heteroatoms. The first-order valence-corrected chi connectivity index (χ1v) is 39.7. The number of nitrogens with one attached hydrogen (secondary N) is 3. The summed E-state index contributed by atoms with van der Waals surface area (Å²) in [5, 5.41) is 36.1. The highest BCUT2D eigenvalue weighted by atomic mass is 35.5. The lowest BCUT2D eigenvalue weighted by atomic mass is 9.98. The number of anilines is 4. The van der Waals surface area contributed by atoms with Gasteiger partial charge in [-0.15, -0.1) is 0 Å². The normalized spacial score (nSPS) is 12.8. The van der Waals surface area contributed by atoms with Crippen molar-refractivity contribution in [1.82, 2.24) is 89.7 Å². The molecule has 1 atom stereocenters. The maximum atomic E-state index is 10.9. The van der Waals surface area contributed by atoms with Crippen molar-refractivity contribution < 1.29 is 19.4 Å². The third-order valence-electron chi connectivity index (χ3n) is 16.2. The van der Waals surface area contributed by atoms with Crippen LogP contribution in [0.25, 0.3) is 0 Å². The minimum absolute atomic E-state index is 0. The van der Waals surface area contributed by atoms with E-state index in [4.69, 9.17) is 42.4 Å². The molecule has 624 valence electrons. The van der Waals surface area contributed by atoms with Crippen molar-refractivity contribution in [3.8, 4) is 23.9 Å². The number of nitrogens with zero attached hydrogens (tertiary/aromatic N) is 20. The van der Waals surface area contributed by atoms with Gasteiger partial charge in [0.25, 0.3) is 0 Å². The molecule has 1 unspecified atom stereocenters. The summed E-state index contributed by atoms with van der Waals surface area (Å²) in [4.78, 5) is 85.9. The zero-order chi connectivity index (χ0) is 85.1. The van der Waals surface area contributed by atoms with Gasteiger partial charge in [-0.1, -0.05) is 150 Å². The van der Waals surface area contributed by atoms with Gasteiger partial charge in [-0.3, -0.25) is 4.79 Å². The standard InChI is InChI=1S/C13H19ClN2O.C12H19N3O.C11H16N4.C10H12N4O.C8H13N3.3C8H12N2.C7H10N2O.CH4/c1-9(2)12-11(14)8-15-13(16-12)17-10-6-4-3-5-7-10;1-9(2)11-5-6-13-12(15-11)14-10-4-3-7-16-8-10;1-7(2)10-13-6-9(5-12)11(15-10)14-8(3)4;1-6(2)9-12-5-8(4-11)10(14-9)13-7(3)15;1-5(2)8-10-4-6(3)7(9)11-8;3*1-6(2)8-9-4-7(3)5-10-8;1-5(2)7-8-3-6(10)4-9-7;/h8-10H,3-7H2,1-2H3;5-6,9-10H,3-4,7-8H2,1-2H3,(H,13,14,15);6-8H,1-4H3,(H,13,14,15);5-6H,1-3H3,(H,12,13,14,15);4-5H,1-3H3,(H2,9,10,11);3*4-6H,1-3H3;3-5,10H,1-2H3;1H4. The smallest absolute Gasteiger partial charge is 0.316 e. The summed E-state index contributed by atoms with van der Waals surface area (Å²) < 4.78 is 11.2. The number of carbonyl (C=O) groups is 1. The summed E-state index contributed by atoms with van der Waals surface area (Å²) in [6.45, 7) is 51.9. The number of aromatic hydroxyl groups is 1. The predicted molar refractivity (Wildman–Crippen MR) is 459 cm³/mol. The summed E-state index contributed by atoms with van der Waals surface area (Å²) in [5.74, 6) is 10.9. The lowest BCUT2D eigenvalue weighted by Crippen LogP contribution is -2.30. The van der Waals surface area contributed by atoms with E-state index in [2.05, 4.69) is 181 Å². The van der Waals surface area contributed by atoms with Gasteiger partial charge in [0.2, 0.25) is 11.9 Å². The first kappa shape index (κ1) is 100. The van der Waals surface area contributed by atoms with E-state index >= 15 is 0 Å². The molecule has 9 aromatic rings. The highest BCUT2D eigenvalue weighted by Crippen LogP contribution is 2.27. The number of ether oxygens (including phenoxy) is 2. The molecule has 0 aromatic carbocycles. The Morgan fingerprint density at radius 2 is 0.922 bits per heavy atom. The van der Waals surface area contributed by atoms with Gasteiger partial charge in [0.05, 0.1) is 54.3 Å². The van der Waals surface area contributed by atoms with Crippen LogP contribution in [0.4, 0.5) is 23.4 Å². The molecule has 2 fully saturated rings. The van der Waals surface area contributed by atoms with Crippen LogP contribution >= 0.6 is 11.6 Å². The molecule has 2 aliphatic rings. The average Bonchev–Trinajstić information content (AvgIpc) is 1.32. The third-order valence-corrected chi connectivity index (χ3v) is 16.5. The van der Waals surface area contributed by atoms with Crippen LogP contribution < -0.4 is 26.4 Å². The first-order chi connectivity index (χ1) is 53.9. The summed E-state index contributed by atoms with van der Waals surface area (Å²) >= 11 is 6.05. The van der Waals surface area contributed by atoms with Crippen molar-refractivity contribution in [2.75, 3.05) is 34.9 Å². The van der Waals surface area contributed by atoms with E-state index in [0.717, 1.165) is 113 Å². The van der Waals surface area contributed by atoms with Crippen LogP contribution in [0.2, 0.25) is 5.02 Å². The third kappa shape index (κ3) is 39.8. The molecular weight excluding hydrogens is 1470 g/mol. The van der Waals surface area contributed by atoms with Gasteiger partial charge < -0.3 is 36.3 Å². The Kier molecular flexibility index (Phi) is 46.7. The molecule has 0 spiro atoms. The SMILES string of the molecule is C.CC(=O)Nc1nc(C(C)C)ncc1C#N.CC(C)Nc1nc(C(C)C)ncc1C#N.CC(C)c1ccnc(NC2CCCOC2)n1.CC(C)c1nc(OC2CCCCC2)ncc1Cl.CC(C)c1ncc(O)cn1.Cc1cnc(C(C)C)nc1.Cc1cnc(C(C)C)nc1.Cc1cnc(C(C)C)nc1.Cc1cnc(C(C)C)nc1N. The van der Waals surface area contributed by atoms with Crippen LogP contribution in [0.5, 0.6) is 11.8 Å². The van der Waals surface area contributed by atoms with Crippen molar-refractivity contribution in [1.29, 1.82) is 10.5 Å². The molecule has 11 rings (SSSR count). The molecule has 6 N–H and O–H groups in total. The van der Waals surface area contributed by atoms with Gasteiger partial charge in [-0.05, 0) is 115 Å². The topological polar surface area (TPSA) is 397 Å². The zero-order valence-corrected chi connectivity index (χ0v) is 72.7. The minimum atomic E-state index is -0.250. The van der Waals surface area contributed by atoms with Crippen LogP contribution in [-0.2, 0) is 9.53 Å². The van der Waals surface area contributed by atoms with Crippen molar-refractivity contribution in [3.63, 3.8) is 0 Å². The van der Waals surface area contributed by atoms with Crippen LogP contribution in [0.15, 0.2) is 86.6 Å². The molecular formula is C86H129ClN24O4. The number of aryl methyl sites for hydroxylation is 4. The van der Waals surface area contributed by atoms with Crippen LogP contribution in [0.1, 0.15) is 337 Å². The quantitative estimate of drug-likeness (QED) is 0.0600. The van der Waals surface area contributed by atoms with Crippen molar-refractivity contribution in [2.24, 2.45) is 0 Å². The Morgan fingerprint density at radius 3 is 1.31 bits per heavy atom. The highest BCUT2D eigenvalue weighted by molar-refractivity contribution is 6.31. The molecule has 1 saturated heterocycles. The van der Waals surface area contributed by atoms with E-state index in [0.29, 0.717) is 81.5 Å². The molecule has 1 saturated carbocycles. The Balaban J connectivity index is 0.000000442. The lowest BCUT2D eigenvalue weighted by molar-refractivity contribution is -0.114. The number of nitrogen functional groups attached to an aromatic ring is 1. The second kappa shape index (κ2) is 53.5. The van der Waals surface area contributed by atoms with Gasteiger partial charge in [-0.25, -0.2) is 84.7 Å². The minimum Gasteiger partial charge on any atom is -0.505 e. The van der Waals surface area contributed by atoms with E-state index in [9.17, 15) is 4.79 Å². The zero-order valence-electron chi connectivity index (χ0n) is 71.9. The Morgan fingerprint density at radius 1 is 0.504 bits per heavy atom. The largest absolute Gasteiger partial charge is 0.505 e. The number of hydrogen-bond acceptors (Lipinski definition) is 27. The fourth-order valence-electron chi connectivity index (χ4n) is 9.59. The van der Waals surface area contributed by atoms with Gasteiger partial charge in [0.15, 0.2) is 11.6 Å². The number of nitrogens with two attached hydrogens (primary N) is 1. The van der Waals surface area contributed by atoms with Gasteiger partial charge in [0, 0.05) is 122 Å². The average molecular weight is 1600 g/mol. The van der Waals surface area contributed by atoms with E-state index in [1.165, 1.54) is 44.8 Å². The number of carbonyl (C=O) groups excluding carboxylic acids is 1. The molecule has 28 nitrogen and oxygen atoms in total. The van der Waals surface area contributed by atoms with Crippen molar-refractivity contribution in [3.05, 3.63) is 177 Å². The summed E-state index contributed by atoms with van der Waals surface area (Å²) in [5.41, 5.74) is 12.6. The molecule has 1 amide bonds. The lowest BCUT2D eigenvalue weighted by Gasteiger charge is -2.23. The van der Waals surface area contributed by atoms with Crippen LogP contribution in [-0.4, -0.2) is 132 Å². The first-order valence-electron chi connectivity index (χ1n) is 39.3. The fourth-order valence-corrected chi connectivity index (χ4v) is 9.90. The number of rotatable bonds is 16. The second-order valence-electron chi connectivity index (χ2n) is 30.7. The number of hydrogen-bond donors (Lipinski definition) is 5. The predicted octanol–water partition coefficient (Wildman–Crippen LogP) is 19.0. The monoisotopic (exact) mass is 1600 g/mol. The molecule has 1 aliphatic carbocycles. The maximum Gasteiger partial charge on any atom is 0.316 e. The van der Waals surface area contributed by atoms with E-state index in [1.807, 2.05) is 152 Å². The number of nitriles is 2. The molecule has 1 aliphatic heterocycles. The van der Waals surface area contributed by atoms with Crippen LogP contribution in [0, 0.1) is 50.4 Å². The van der Waals surface area contributed by atoms with Gasteiger partial charge in [0.1, 0.15) is 81.8 Å². The Hall–Kier alpha value is -10.6. The van der Waals surface area contributed by atoms with Crippen molar-refractivity contribution in [2.45, 2.75) is 297 Å². The van der Waals surface area contributed by atoms with Crippen molar-refractivity contribution >= 4 is 40.9 Å². The van der Waals surface area contributed by atoms with E-state index in [1.54, 1.807) is 18.6 Å². The fraction of sp³-hybridized carbons (Fsp3) is 0.547. The molecule has 0 radical (unpaired) electrons. The van der Waals surface area contributed by atoms with E-state index < -0.39 is 0 Å². The highest BCUT2D eigenvalue weighted by Gasteiger charge is 2.20. The maximum absolute atomic E-state index is 10.9. The summed E-state index contributed by atoms with van der Waals surface area (Å²) in [6, 6.07) is 7.06. The Labute approximate surface area is 689 Å². The Bertz CT molecular complexity index is 4110. The number of amides is 1. The second-order valence-corrected chi connectivity index (χ2v) is 31.1. The molecule has 10 heterocycles. The van der Waals surface area contributed by atoms with Gasteiger partial charge >= 0.3 is 6.01 Å². The van der Waals surface area contributed by atoms with Gasteiger partial charge in [-0.2, -0.15) is 15.5 Å². The molecule has 9 aromatic heterocycles. The van der Waals surface area contributed by atoms with Crippen LogP contribution in [0.3, 0.4) is 0 Å². The number of aromatic nitrogens is 18. The summed E-state index contributed by atoms with van der Waals surface area (Å²) in [7, 11) is 0.